The lowest BCUT2D eigenvalue weighted by Gasteiger charge is -2.03. The highest BCUT2D eigenvalue weighted by Crippen LogP contribution is 2.17. The van der Waals surface area contributed by atoms with E-state index in [1.54, 1.807) is 0 Å². The minimum atomic E-state index is 0.528. The summed E-state index contributed by atoms with van der Waals surface area (Å²) in [5, 5.41) is 8.20. The van der Waals surface area contributed by atoms with E-state index in [4.69, 9.17) is 4.42 Å². The Kier molecular flexibility index (Phi) is 4.72. The fourth-order valence-corrected chi connectivity index (χ4v) is 2.69. The lowest BCUT2D eigenvalue weighted by atomic mass is 10.0. The van der Waals surface area contributed by atoms with Crippen LogP contribution in [0.2, 0.25) is 0 Å². The third-order valence-corrected chi connectivity index (χ3v) is 4.21. The Labute approximate surface area is 144 Å². The van der Waals surface area contributed by atoms with Gasteiger partial charge in [0.2, 0.25) is 11.8 Å². The van der Waals surface area contributed by atoms with E-state index in [0.29, 0.717) is 18.2 Å². The lowest BCUT2D eigenvalue weighted by Crippen LogP contribution is -1.87. The summed E-state index contributed by atoms with van der Waals surface area (Å²) in [5.74, 6) is 1.15. The largest absolute Gasteiger partial charge is 0.421 e. The van der Waals surface area contributed by atoms with E-state index in [1.807, 2.05) is 36.4 Å². The summed E-state index contributed by atoms with van der Waals surface area (Å²) in [7, 11) is 0. The summed E-state index contributed by atoms with van der Waals surface area (Å²) < 4.78 is 6.76. The third kappa shape index (κ3) is 3.96. The molecule has 1 aromatic heterocycles. The van der Waals surface area contributed by atoms with Crippen LogP contribution in [-0.4, -0.2) is 10.2 Å². The van der Waals surface area contributed by atoms with Crippen molar-refractivity contribution in [3.8, 4) is 0 Å². The summed E-state index contributed by atoms with van der Waals surface area (Å²) in [6.07, 6.45) is 4.53. The minimum absolute atomic E-state index is 0.528. The number of hydrogen-bond acceptors (Lipinski definition) is 3. The van der Waals surface area contributed by atoms with Crippen LogP contribution < -0.4 is 0 Å². The molecular weight excluding hydrogens is 352 g/mol. The van der Waals surface area contributed by atoms with Gasteiger partial charge in [0.05, 0.1) is 6.42 Å². The van der Waals surface area contributed by atoms with Crippen molar-refractivity contribution in [2.45, 2.75) is 20.3 Å². The average Bonchev–Trinajstić information content (AvgIpc) is 2.97. The monoisotopic (exact) mass is 368 g/mol. The highest BCUT2D eigenvalue weighted by Gasteiger charge is 2.05. The second kappa shape index (κ2) is 6.92. The van der Waals surface area contributed by atoms with E-state index < -0.39 is 0 Å². The van der Waals surface area contributed by atoms with Crippen LogP contribution in [0.25, 0.3) is 12.2 Å². The van der Waals surface area contributed by atoms with E-state index in [9.17, 15) is 0 Å². The molecule has 0 N–H and O–H groups in total. The fraction of sp³-hybridized carbons (Fsp3) is 0.158. The van der Waals surface area contributed by atoms with Gasteiger partial charge in [-0.2, -0.15) is 0 Å². The minimum Gasteiger partial charge on any atom is -0.421 e. The predicted octanol–water partition coefficient (Wildman–Crippen LogP) is 5.21. The molecule has 0 unspecified atom stereocenters. The van der Waals surface area contributed by atoms with Gasteiger partial charge < -0.3 is 4.42 Å². The normalized spacial score (nSPS) is 11.3. The first-order valence-corrected chi connectivity index (χ1v) is 8.22. The summed E-state index contributed by atoms with van der Waals surface area (Å²) in [6.45, 7) is 4.19. The standard InChI is InChI=1S/C19H17BrN2O/c1-13-4-3-5-14(2)17(13)10-11-18-21-22-19(23-18)12-15-6-8-16(20)9-7-15/h3-11H,12H2,1-2H3/b11-10+. The second-order valence-electron chi connectivity index (χ2n) is 5.48. The first-order valence-electron chi connectivity index (χ1n) is 7.43. The topological polar surface area (TPSA) is 38.9 Å². The zero-order chi connectivity index (χ0) is 16.2. The fourth-order valence-electron chi connectivity index (χ4n) is 2.43. The van der Waals surface area contributed by atoms with Gasteiger partial charge in [0.25, 0.3) is 0 Å². The Bertz CT molecular complexity index is 815. The Morgan fingerprint density at radius 1 is 0.957 bits per heavy atom. The Morgan fingerprint density at radius 2 is 1.65 bits per heavy atom. The van der Waals surface area contributed by atoms with E-state index in [-0.39, 0.29) is 0 Å². The highest BCUT2D eigenvalue weighted by molar-refractivity contribution is 9.10. The molecule has 2 aromatic carbocycles. The van der Waals surface area contributed by atoms with E-state index >= 15 is 0 Å². The van der Waals surface area contributed by atoms with Crippen molar-refractivity contribution >= 4 is 28.1 Å². The molecule has 0 amide bonds. The molecule has 0 atom stereocenters. The van der Waals surface area contributed by atoms with Gasteiger partial charge in [-0.25, -0.2) is 0 Å². The van der Waals surface area contributed by atoms with Crippen molar-refractivity contribution in [2.75, 3.05) is 0 Å². The summed E-state index contributed by atoms with van der Waals surface area (Å²) >= 11 is 3.43. The average molecular weight is 369 g/mol. The maximum Gasteiger partial charge on any atom is 0.240 e. The van der Waals surface area contributed by atoms with Gasteiger partial charge >= 0.3 is 0 Å². The van der Waals surface area contributed by atoms with Gasteiger partial charge in [-0.1, -0.05) is 46.3 Å². The zero-order valence-corrected chi connectivity index (χ0v) is 14.7. The maximum absolute atomic E-state index is 5.70. The molecule has 0 saturated heterocycles. The molecule has 0 aliphatic heterocycles. The molecule has 1 heterocycles. The first-order chi connectivity index (χ1) is 11.1. The van der Waals surface area contributed by atoms with E-state index in [0.717, 1.165) is 10.0 Å². The zero-order valence-electron chi connectivity index (χ0n) is 13.1. The van der Waals surface area contributed by atoms with Crippen LogP contribution in [0.15, 0.2) is 51.4 Å². The molecule has 116 valence electrons. The molecule has 3 rings (SSSR count). The predicted molar refractivity (Wildman–Crippen MR) is 96.1 cm³/mol. The van der Waals surface area contributed by atoms with Crippen molar-refractivity contribution in [1.82, 2.24) is 10.2 Å². The number of halogens is 1. The van der Waals surface area contributed by atoms with E-state index in [2.05, 4.69) is 58.2 Å². The molecular formula is C19H17BrN2O. The van der Waals surface area contributed by atoms with Crippen molar-refractivity contribution in [2.24, 2.45) is 0 Å². The molecule has 23 heavy (non-hydrogen) atoms. The summed E-state index contributed by atoms with van der Waals surface area (Å²) in [4.78, 5) is 0. The van der Waals surface area contributed by atoms with Crippen molar-refractivity contribution < 1.29 is 4.42 Å². The number of benzene rings is 2. The van der Waals surface area contributed by atoms with Gasteiger partial charge in [-0.3, -0.25) is 0 Å². The Morgan fingerprint density at radius 3 is 2.35 bits per heavy atom. The Balaban J connectivity index is 1.74. The second-order valence-corrected chi connectivity index (χ2v) is 6.39. The molecule has 3 nitrogen and oxygen atoms in total. The number of hydrogen-bond donors (Lipinski definition) is 0. The Hall–Kier alpha value is -2.20. The van der Waals surface area contributed by atoms with Gasteiger partial charge in [-0.15, -0.1) is 10.2 Å². The van der Waals surface area contributed by atoms with Gasteiger partial charge in [-0.05, 0) is 54.3 Å². The molecule has 3 aromatic rings. The van der Waals surface area contributed by atoms with Gasteiger partial charge in [0, 0.05) is 10.5 Å². The molecule has 0 saturated carbocycles. The van der Waals surface area contributed by atoms with Crippen molar-refractivity contribution in [3.63, 3.8) is 0 Å². The van der Waals surface area contributed by atoms with Gasteiger partial charge in [0.1, 0.15) is 0 Å². The van der Waals surface area contributed by atoms with Crippen LogP contribution >= 0.6 is 15.9 Å². The van der Waals surface area contributed by atoms with Crippen LogP contribution in [0.5, 0.6) is 0 Å². The maximum atomic E-state index is 5.70. The summed E-state index contributed by atoms with van der Waals surface area (Å²) in [5.41, 5.74) is 4.80. The van der Waals surface area contributed by atoms with E-state index in [1.165, 1.54) is 16.7 Å². The third-order valence-electron chi connectivity index (χ3n) is 3.69. The summed E-state index contributed by atoms with van der Waals surface area (Å²) in [6, 6.07) is 14.4. The molecule has 0 spiro atoms. The number of rotatable bonds is 4. The molecule has 0 bridgehead atoms. The van der Waals surface area contributed by atoms with Crippen LogP contribution in [0.1, 0.15) is 34.0 Å². The number of aromatic nitrogens is 2. The smallest absolute Gasteiger partial charge is 0.240 e. The van der Waals surface area contributed by atoms with Crippen molar-refractivity contribution in [3.05, 3.63) is 81.0 Å². The van der Waals surface area contributed by atoms with Crippen LogP contribution in [0, 0.1) is 13.8 Å². The first kappa shape index (κ1) is 15.7. The number of aryl methyl sites for hydroxylation is 2. The van der Waals surface area contributed by atoms with Crippen LogP contribution in [0.4, 0.5) is 0 Å². The SMILES string of the molecule is Cc1cccc(C)c1/C=C/c1nnc(Cc2ccc(Br)cc2)o1. The molecule has 4 heteroatoms. The highest BCUT2D eigenvalue weighted by atomic mass is 79.9. The molecule has 0 aliphatic carbocycles. The van der Waals surface area contributed by atoms with Crippen LogP contribution in [-0.2, 0) is 6.42 Å². The molecule has 0 fully saturated rings. The van der Waals surface area contributed by atoms with Gasteiger partial charge in [0.15, 0.2) is 0 Å². The van der Waals surface area contributed by atoms with Crippen molar-refractivity contribution in [1.29, 1.82) is 0 Å². The van der Waals surface area contributed by atoms with Crippen LogP contribution in [0.3, 0.4) is 0 Å². The quantitative estimate of drug-likeness (QED) is 0.634. The lowest BCUT2D eigenvalue weighted by molar-refractivity contribution is 0.496. The number of nitrogens with zero attached hydrogens (tertiary/aromatic N) is 2. The molecule has 0 radical (unpaired) electrons. The molecule has 0 aliphatic rings.